The largest absolute Gasteiger partial charge is 0.345 e. The molecule has 3 heteroatoms. The zero-order chi connectivity index (χ0) is 12.8. The first kappa shape index (κ1) is 10.4. The molecule has 0 saturated heterocycles. The molecule has 0 fully saturated rings. The van der Waals surface area contributed by atoms with Crippen molar-refractivity contribution in [3.63, 3.8) is 0 Å². The van der Waals surface area contributed by atoms with Gasteiger partial charge < -0.3 is 9.55 Å². The molecule has 0 bridgehead atoms. The fraction of sp³-hybridized carbons (Fsp3) is 0.0625. The van der Waals surface area contributed by atoms with E-state index in [1.54, 1.807) is 6.20 Å². The molecule has 1 aromatic carbocycles. The predicted octanol–water partition coefficient (Wildman–Crippen LogP) is 3.52. The van der Waals surface area contributed by atoms with E-state index in [1.165, 1.54) is 22.2 Å². The summed E-state index contributed by atoms with van der Waals surface area (Å²) in [5.41, 5.74) is 4.49. The maximum Gasteiger partial charge on any atom is 0.137 e. The third-order valence-corrected chi connectivity index (χ3v) is 3.62. The van der Waals surface area contributed by atoms with Crippen LogP contribution >= 0.6 is 0 Å². The first-order chi connectivity index (χ1) is 9.34. The van der Waals surface area contributed by atoms with Gasteiger partial charge in [0.05, 0.1) is 5.69 Å². The number of H-pyrrole nitrogens is 1. The summed E-state index contributed by atoms with van der Waals surface area (Å²) in [7, 11) is 2.08. The van der Waals surface area contributed by atoms with Crippen molar-refractivity contribution in [1.82, 2.24) is 14.5 Å². The molecule has 0 unspecified atom stereocenters. The van der Waals surface area contributed by atoms with E-state index in [0.29, 0.717) is 0 Å². The molecule has 0 atom stereocenters. The Kier molecular flexibility index (Phi) is 2.03. The number of benzene rings is 1. The zero-order valence-electron chi connectivity index (χ0n) is 10.5. The average molecular weight is 246 g/mol. The van der Waals surface area contributed by atoms with Crippen LogP contribution in [0.2, 0.25) is 0 Å². The molecule has 0 aliphatic carbocycles. The van der Waals surface area contributed by atoms with Gasteiger partial charge in [-0.1, -0.05) is 12.1 Å². The van der Waals surface area contributed by atoms with Crippen molar-refractivity contribution in [1.29, 1.82) is 0 Å². The first-order valence-electron chi connectivity index (χ1n) is 6.22. The van der Waals surface area contributed by atoms with Crippen LogP contribution in [0.15, 0.2) is 48.8 Å². The summed E-state index contributed by atoms with van der Waals surface area (Å²) in [6, 6.07) is 15.5. The highest BCUT2D eigenvalue weighted by Crippen LogP contribution is 2.31. The van der Waals surface area contributed by atoms with E-state index in [1.807, 2.05) is 24.4 Å². The summed E-state index contributed by atoms with van der Waals surface area (Å²) in [5.74, 6) is 0. The predicted molar refractivity (Wildman–Crippen MR) is 76.8 cm³/mol. The van der Waals surface area contributed by atoms with E-state index in [0.717, 1.165) is 11.0 Å². The Hall–Kier alpha value is -2.55. The van der Waals surface area contributed by atoms with Gasteiger partial charge in [0.15, 0.2) is 0 Å². The molecule has 3 aromatic heterocycles. The molecule has 0 spiro atoms. The summed E-state index contributed by atoms with van der Waals surface area (Å²) in [6.45, 7) is 0. The van der Waals surface area contributed by atoms with E-state index in [2.05, 4.69) is 45.8 Å². The van der Waals surface area contributed by atoms with Crippen LogP contribution < -0.4 is 0 Å². The number of hydrogen-bond acceptors (Lipinski definition) is 1. The third-order valence-electron chi connectivity index (χ3n) is 3.62. The fourth-order valence-electron chi connectivity index (χ4n) is 2.65. The smallest absolute Gasteiger partial charge is 0.137 e. The highest BCUT2D eigenvalue weighted by atomic mass is 15.0. The number of fused-ring (bicyclic) bond motifs is 2. The number of aromatic nitrogens is 3. The molecule has 3 nitrogen and oxygen atoms in total. The minimum absolute atomic E-state index is 0.925. The average Bonchev–Trinajstić information content (AvgIpc) is 3.01. The number of nitrogens with one attached hydrogen (secondary N) is 1. The van der Waals surface area contributed by atoms with Gasteiger partial charge in [0.25, 0.3) is 0 Å². The normalized spacial score (nSPS) is 11.4. The highest BCUT2D eigenvalue weighted by molar-refractivity contribution is 5.96. The second kappa shape index (κ2) is 3.72. The van der Waals surface area contributed by atoms with Crippen molar-refractivity contribution < 1.29 is 0 Å². The maximum absolute atomic E-state index is 4.34. The quantitative estimate of drug-likeness (QED) is 0.547. The lowest BCUT2D eigenvalue weighted by Gasteiger charge is -2.02. The van der Waals surface area contributed by atoms with E-state index in [-0.39, 0.29) is 0 Å². The molecule has 91 valence electrons. The summed E-state index contributed by atoms with van der Waals surface area (Å²) < 4.78 is 2.20. The number of hydrogen-bond donors (Lipinski definition) is 1. The van der Waals surface area contributed by atoms with Crippen molar-refractivity contribution in [2.45, 2.75) is 0 Å². The molecule has 0 aliphatic rings. The van der Waals surface area contributed by atoms with Crippen LogP contribution in [0, 0.1) is 6.07 Å². The molecule has 4 aromatic rings. The maximum atomic E-state index is 4.34. The Morgan fingerprint density at radius 2 is 2.26 bits per heavy atom. The lowest BCUT2D eigenvalue weighted by molar-refractivity contribution is 0.979. The van der Waals surface area contributed by atoms with Gasteiger partial charge in [-0.05, 0) is 30.3 Å². The molecule has 1 N–H and O–H groups in total. The van der Waals surface area contributed by atoms with Crippen LogP contribution in [0.4, 0.5) is 0 Å². The Balaban J connectivity index is 2.07. The zero-order valence-corrected chi connectivity index (χ0v) is 10.5. The number of nitrogens with zero attached hydrogens (tertiary/aromatic N) is 2. The summed E-state index contributed by atoms with van der Waals surface area (Å²) in [5, 5.41) is 2.38. The Morgan fingerprint density at radius 3 is 3.16 bits per heavy atom. The lowest BCUT2D eigenvalue weighted by Crippen LogP contribution is -1.90. The first-order valence-corrected chi connectivity index (χ1v) is 6.22. The molecule has 0 aliphatic heterocycles. The topological polar surface area (TPSA) is 33.6 Å². The van der Waals surface area contributed by atoms with Crippen molar-refractivity contribution in [2.24, 2.45) is 7.05 Å². The lowest BCUT2D eigenvalue weighted by atomic mass is 10.1. The van der Waals surface area contributed by atoms with Crippen molar-refractivity contribution >= 4 is 21.9 Å². The monoisotopic (exact) mass is 246 g/mol. The van der Waals surface area contributed by atoms with Crippen LogP contribution in [-0.4, -0.2) is 14.5 Å². The number of pyridine rings is 1. The van der Waals surface area contributed by atoms with Gasteiger partial charge in [-0.25, -0.2) is 4.98 Å². The number of aromatic amines is 1. The molecular weight excluding hydrogens is 234 g/mol. The fourth-order valence-corrected chi connectivity index (χ4v) is 2.65. The SMILES string of the molecule is Cn1c(-c2c[nH]c3ncccc23)cc2cc[c]cc21. The molecule has 1 radical (unpaired) electrons. The molecule has 0 amide bonds. The van der Waals surface area contributed by atoms with Crippen molar-refractivity contribution in [3.8, 4) is 11.3 Å². The summed E-state index contributed by atoms with van der Waals surface area (Å²) in [4.78, 5) is 7.57. The van der Waals surface area contributed by atoms with Gasteiger partial charge in [-0.3, -0.25) is 0 Å². The van der Waals surface area contributed by atoms with E-state index >= 15 is 0 Å². The Morgan fingerprint density at radius 1 is 1.32 bits per heavy atom. The van der Waals surface area contributed by atoms with E-state index in [9.17, 15) is 0 Å². The van der Waals surface area contributed by atoms with Gasteiger partial charge in [0.1, 0.15) is 5.65 Å². The van der Waals surface area contributed by atoms with Gasteiger partial charge in [0, 0.05) is 41.3 Å². The third kappa shape index (κ3) is 1.41. The minimum atomic E-state index is 0.925. The standard InChI is InChI=1S/C16H12N3/c1-19-14-7-3-2-5-11(14)9-15(19)13-10-18-16-12(13)6-4-8-17-16/h2,4-10H,1H3,(H,17,18). The highest BCUT2D eigenvalue weighted by Gasteiger charge is 2.11. The van der Waals surface area contributed by atoms with Gasteiger partial charge in [-0.2, -0.15) is 0 Å². The Bertz CT molecular complexity index is 883. The molecule has 4 rings (SSSR count). The molecular formula is C16H12N3. The number of aryl methyl sites for hydroxylation is 1. The summed E-state index contributed by atoms with van der Waals surface area (Å²) in [6.07, 6.45) is 3.83. The van der Waals surface area contributed by atoms with Crippen LogP contribution in [0.5, 0.6) is 0 Å². The number of rotatable bonds is 1. The van der Waals surface area contributed by atoms with Crippen LogP contribution in [0.3, 0.4) is 0 Å². The van der Waals surface area contributed by atoms with Gasteiger partial charge in [-0.15, -0.1) is 0 Å². The van der Waals surface area contributed by atoms with Gasteiger partial charge in [0.2, 0.25) is 0 Å². The van der Waals surface area contributed by atoms with Crippen molar-refractivity contribution in [3.05, 3.63) is 54.9 Å². The second-order valence-electron chi connectivity index (χ2n) is 4.68. The molecule has 3 heterocycles. The molecule has 0 saturated carbocycles. The summed E-state index contributed by atoms with van der Waals surface area (Å²) >= 11 is 0. The van der Waals surface area contributed by atoms with Crippen LogP contribution in [0.1, 0.15) is 0 Å². The molecule has 19 heavy (non-hydrogen) atoms. The van der Waals surface area contributed by atoms with Crippen LogP contribution in [-0.2, 0) is 7.05 Å². The van der Waals surface area contributed by atoms with Crippen molar-refractivity contribution in [2.75, 3.05) is 0 Å². The Labute approximate surface area is 110 Å². The van der Waals surface area contributed by atoms with Gasteiger partial charge >= 0.3 is 0 Å². The van der Waals surface area contributed by atoms with E-state index < -0.39 is 0 Å². The van der Waals surface area contributed by atoms with E-state index in [4.69, 9.17) is 0 Å². The second-order valence-corrected chi connectivity index (χ2v) is 4.68. The minimum Gasteiger partial charge on any atom is -0.345 e. The van der Waals surface area contributed by atoms with Crippen LogP contribution in [0.25, 0.3) is 33.2 Å².